The van der Waals surface area contributed by atoms with Crippen molar-refractivity contribution in [3.63, 3.8) is 0 Å². The van der Waals surface area contributed by atoms with E-state index in [-0.39, 0.29) is 0 Å². The number of aryl methyl sites for hydroxylation is 1. The zero-order chi connectivity index (χ0) is 11.9. The third kappa shape index (κ3) is 2.30. The van der Waals surface area contributed by atoms with Gasteiger partial charge >= 0.3 is 12.1 Å². The molecule has 0 saturated heterocycles. The van der Waals surface area contributed by atoms with Gasteiger partial charge in [0.1, 0.15) is 0 Å². The molecule has 1 aromatic carbocycles. The van der Waals surface area contributed by atoms with Crippen molar-refractivity contribution in [2.75, 3.05) is 0 Å². The molecule has 1 aromatic rings. The van der Waals surface area contributed by atoms with Gasteiger partial charge in [0.25, 0.3) is 0 Å². The Labute approximate surface area is 91.2 Å². The van der Waals surface area contributed by atoms with E-state index in [2.05, 4.69) is 15.9 Å². The van der Waals surface area contributed by atoms with Crippen molar-refractivity contribution in [3.8, 4) is 0 Å². The summed E-state index contributed by atoms with van der Waals surface area (Å²) < 4.78 is 62.1. The second-order valence-electron chi connectivity index (χ2n) is 3.04. The van der Waals surface area contributed by atoms with Crippen LogP contribution in [0.25, 0.3) is 0 Å². The predicted octanol–water partition coefficient (Wildman–Crippen LogP) is 4.41. The second kappa shape index (κ2) is 3.73. The van der Waals surface area contributed by atoms with Crippen molar-refractivity contribution in [2.24, 2.45) is 0 Å². The van der Waals surface area contributed by atoms with Gasteiger partial charge in [-0.3, -0.25) is 0 Å². The van der Waals surface area contributed by atoms with Gasteiger partial charge in [-0.15, -0.1) is 0 Å². The first-order valence-electron chi connectivity index (χ1n) is 3.87. The van der Waals surface area contributed by atoms with Crippen LogP contribution in [0.2, 0.25) is 0 Å². The third-order valence-electron chi connectivity index (χ3n) is 1.88. The van der Waals surface area contributed by atoms with Crippen LogP contribution < -0.4 is 0 Å². The average Bonchev–Trinajstić information content (AvgIpc) is 2.07. The van der Waals surface area contributed by atoms with Crippen LogP contribution in [-0.4, -0.2) is 6.18 Å². The van der Waals surface area contributed by atoms with Crippen LogP contribution in [0.5, 0.6) is 0 Å². The Morgan fingerprint density at radius 2 is 1.60 bits per heavy atom. The SMILES string of the molecule is Cc1cc(C(F)(F)C(F)(F)F)ccc1Br. The minimum Gasteiger partial charge on any atom is -0.191 e. The van der Waals surface area contributed by atoms with Gasteiger partial charge < -0.3 is 0 Å². The summed E-state index contributed by atoms with van der Waals surface area (Å²) >= 11 is 3.02. The maximum atomic E-state index is 12.8. The Morgan fingerprint density at radius 3 is 2.00 bits per heavy atom. The molecule has 0 heterocycles. The second-order valence-corrected chi connectivity index (χ2v) is 3.89. The van der Waals surface area contributed by atoms with E-state index in [0.717, 1.165) is 12.1 Å². The molecule has 84 valence electrons. The van der Waals surface area contributed by atoms with Gasteiger partial charge in [-0.05, 0) is 24.6 Å². The van der Waals surface area contributed by atoms with Gasteiger partial charge in [-0.2, -0.15) is 22.0 Å². The normalized spacial score (nSPS) is 13.0. The molecule has 0 atom stereocenters. The standard InChI is InChI=1S/C9H6BrF5/c1-5-4-6(2-3-7(5)10)8(11,12)9(13,14)15/h2-4H,1H3. The van der Waals surface area contributed by atoms with E-state index in [1.807, 2.05) is 0 Å². The Kier molecular flexibility index (Phi) is 3.09. The fraction of sp³-hybridized carbons (Fsp3) is 0.333. The Morgan fingerprint density at radius 1 is 1.07 bits per heavy atom. The number of rotatable bonds is 1. The molecule has 1 rings (SSSR count). The van der Waals surface area contributed by atoms with Crippen LogP contribution >= 0.6 is 15.9 Å². The first-order valence-corrected chi connectivity index (χ1v) is 4.66. The zero-order valence-electron chi connectivity index (χ0n) is 7.50. The topological polar surface area (TPSA) is 0 Å². The first-order chi connectivity index (χ1) is 6.66. The number of benzene rings is 1. The summed E-state index contributed by atoms with van der Waals surface area (Å²) in [6.07, 6.45) is -5.56. The maximum absolute atomic E-state index is 12.8. The fourth-order valence-corrected chi connectivity index (χ4v) is 1.25. The molecule has 0 bridgehead atoms. The van der Waals surface area contributed by atoms with Crippen molar-refractivity contribution in [3.05, 3.63) is 33.8 Å². The Hall–Kier alpha value is -0.650. The summed E-state index contributed by atoms with van der Waals surface area (Å²) in [5.74, 6) is -4.81. The molecule has 0 aliphatic carbocycles. The van der Waals surface area contributed by atoms with Crippen LogP contribution in [0.4, 0.5) is 22.0 Å². The summed E-state index contributed by atoms with van der Waals surface area (Å²) in [4.78, 5) is 0. The molecule has 0 unspecified atom stereocenters. The van der Waals surface area contributed by atoms with E-state index in [0.29, 0.717) is 10.0 Å². The molecule has 0 amide bonds. The van der Waals surface area contributed by atoms with Crippen LogP contribution in [0.3, 0.4) is 0 Å². The summed E-state index contributed by atoms with van der Waals surface area (Å²) in [5.41, 5.74) is -0.716. The predicted molar refractivity (Wildman–Crippen MR) is 48.8 cm³/mol. The number of alkyl halides is 5. The molecular weight excluding hydrogens is 283 g/mol. The first kappa shape index (κ1) is 12.4. The van der Waals surface area contributed by atoms with Gasteiger partial charge in [0.05, 0.1) is 0 Å². The van der Waals surface area contributed by atoms with Crippen LogP contribution in [-0.2, 0) is 5.92 Å². The molecular formula is C9H6BrF5. The van der Waals surface area contributed by atoms with Crippen molar-refractivity contribution in [1.29, 1.82) is 0 Å². The highest BCUT2D eigenvalue weighted by molar-refractivity contribution is 9.10. The van der Waals surface area contributed by atoms with Crippen LogP contribution in [0.1, 0.15) is 11.1 Å². The Bertz CT molecular complexity index is 369. The minimum atomic E-state index is -5.56. The number of halogens is 6. The van der Waals surface area contributed by atoms with E-state index in [4.69, 9.17) is 0 Å². The largest absolute Gasteiger partial charge is 0.458 e. The lowest BCUT2D eigenvalue weighted by Crippen LogP contribution is -2.33. The van der Waals surface area contributed by atoms with Gasteiger partial charge in [-0.25, -0.2) is 0 Å². The summed E-state index contributed by atoms with van der Waals surface area (Å²) in [7, 11) is 0. The van der Waals surface area contributed by atoms with Crippen molar-refractivity contribution < 1.29 is 22.0 Å². The summed E-state index contributed by atoms with van der Waals surface area (Å²) in [5, 5.41) is 0. The van der Waals surface area contributed by atoms with Gasteiger partial charge in [0.2, 0.25) is 0 Å². The van der Waals surface area contributed by atoms with Crippen molar-refractivity contribution in [1.82, 2.24) is 0 Å². The van der Waals surface area contributed by atoms with E-state index in [1.165, 1.54) is 13.0 Å². The van der Waals surface area contributed by atoms with Gasteiger partial charge in [-0.1, -0.05) is 22.0 Å². The monoisotopic (exact) mass is 288 g/mol. The highest BCUT2D eigenvalue weighted by Crippen LogP contribution is 2.44. The molecule has 0 spiro atoms. The summed E-state index contributed by atoms with van der Waals surface area (Å²) in [6, 6.07) is 2.74. The maximum Gasteiger partial charge on any atom is 0.458 e. The minimum absolute atomic E-state index is 0.330. The highest BCUT2D eigenvalue weighted by Gasteiger charge is 2.58. The lowest BCUT2D eigenvalue weighted by molar-refractivity contribution is -0.289. The van der Waals surface area contributed by atoms with Crippen LogP contribution in [0.15, 0.2) is 22.7 Å². The summed E-state index contributed by atoms with van der Waals surface area (Å²) in [6.45, 7) is 1.44. The van der Waals surface area contributed by atoms with Crippen molar-refractivity contribution >= 4 is 15.9 Å². The zero-order valence-corrected chi connectivity index (χ0v) is 9.09. The molecule has 0 aliphatic heterocycles. The van der Waals surface area contributed by atoms with E-state index >= 15 is 0 Å². The molecule has 0 aliphatic rings. The fourth-order valence-electron chi connectivity index (χ4n) is 1.00. The molecule has 0 saturated carbocycles. The van der Waals surface area contributed by atoms with Gasteiger partial charge in [0.15, 0.2) is 0 Å². The van der Waals surface area contributed by atoms with E-state index in [1.54, 1.807) is 0 Å². The molecule has 0 aromatic heterocycles. The molecule has 0 radical (unpaired) electrons. The highest BCUT2D eigenvalue weighted by atomic mass is 79.9. The molecule has 0 nitrogen and oxygen atoms in total. The lowest BCUT2D eigenvalue weighted by Gasteiger charge is -2.20. The lowest BCUT2D eigenvalue weighted by atomic mass is 10.1. The number of hydrogen-bond acceptors (Lipinski definition) is 0. The molecule has 0 N–H and O–H groups in total. The van der Waals surface area contributed by atoms with Crippen LogP contribution in [0, 0.1) is 6.92 Å². The smallest absolute Gasteiger partial charge is 0.191 e. The molecule has 6 heteroatoms. The molecule has 15 heavy (non-hydrogen) atoms. The quantitative estimate of drug-likeness (QED) is 0.672. The van der Waals surface area contributed by atoms with Crippen molar-refractivity contribution in [2.45, 2.75) is 19.0 Å². The van der Waals surface area contributed by atoms with E-state index in [9.17, 15) is 22.0 Å². The van der Waals surface area contributed by atoms with E-state index < -0.39 is 17.7 Å². The number of hydrogen-bond donors (Lipinski definition) is 0. The third-order valence-corrected chi connectivity index (χ3v) is 2.77. The molecule has 0 fully saturated rings. The Balaban J connectivity index is 3.22. The average molecular weight is 289 g/mol. The van der Waals surface area contributed by atoms with Gasteiger partial charge in [0, 0.05) is 10.0 Å².